The van der Waals surface area contributed by atoms with Gasteiger partial charge in [-0.15, -0.1) is 5.10 Å². The largest absolute Gasteiger partial charge is 0.343 e. The molecule has 0 saturated carbocycles. The Kier molecular flexibility index (Phi) is 3.04. The third-order valence-corrected chi connectivity index (χ3v) is 1.62. The zero-order valence-electron chi connectivity index (χ0n) is 7.54. The number of hydrogen-bond acceptors (Lipinski definition) is 4. The van der Waals surface area contributed by atoms with Gasteiger partial charge in [-0.1, -0.05) is 0 Å². The van der Waals surface area contributed by atoms with Crippen molar-refractivity contribution >= 4 is 5.95 Å². The topological polar surface area (TPSA) is 70.8 Å². The van der Waals surface area contributed by atoms with Crippen molar-refractivity contribution in [3.63, 3.8) is 0 Å². The first-order chi connectivity index (χ1) is 5.74. The van der Waals surface area contributed by atoms with Gasteiger partial charge in [0.05, 0.1) is 0 Å². The number of aromatic amines is 1. The molecule has 0 fully saturated rings. The summed E-state index contributed by atoms with van der Waals surface area (Å²) in [6.07, 6.45) is 0.962. The normalized spacial score (nSPS) is 10.2. The Morgan fingerprint density at radius 2 is 2.33 bits per heavy atom. The number of nitrogens with two attached hydrogens (primary N) is 1. The monoisotopic (exact) mass is 169 g/mol. The van der Waals surface area contributed by atoms with Crippen molar-refractivity contribution < 1.29 is 0 Å². The molecule has 0 unspecified atom stereocenters. The zero-order chi connectivity index (χ0) is 8.97. The highest BCUT2D eigenvalue weighted by Gasteiger charge is 2.04. The van der Waals surface area contributed by atoms with Gasteiger partial charge in [-0.05, 0) is 19.9 Å². The molecule has 0 spiro atoms. The second-order valence-electron chi connectivity index (χ2n) is 2.78. The fourth-order valence-corrected chi connectivity index (χ4v) is 0.930. The van der Waals surface area contributed by atoms with Crippen molar-refractivity contribution in [1.82, 2.24) is 15.2 Å². The Labute approximate surface area is 72.0 Å². The number of nitrogens with one attached hydrogen (secondary N) is 1. The molecule has 12 heavy (non-hydrogen) atoms. The molecule has 5 heteroatoms. The van der Waals surface area contributed by atoms with Crippen molar-refractivity contribution in [2.45, 2.75) is 13.3 Å². The van der Waals surface area contributed by atoms with E-state index in [2.05, 4.69) is 15.2 Å². The van der Waals surface area contributed by atoms with E-state index in [0.717, 1.165) is 24.7 Å². The maximum absolute atomic E-state index is 5.38. The lowest BCUT2D eigenvalue weighted by molar-refractivity contribution is 0.776. The average Bonchev–Trinajstić information content (AvgIpc) is 2.47. The second-order valence-corrected chi connectivity index (χ2v) is 2.78. The highest BCUT2D eigenvalue weighted by atomic mass is 15.3. The van der Waals surface area contributed by atoms with Crippen LogP contribution in [0.2, 0.25) is 0 Å². The van der Waals surface area contributed by atoms with Crippen LogP contribution in [0.25, 0.3) is 0 Å². The highest BCUT2D eigenvalue weighted by molar-refractivity contribution is 5.26. The van der Waals surface area contributed by atoms with E-state index in [0.29, 0.717) is 6.54 Å². The third kappa shape index (κ3) is 2.20. The summed E-state index contributed by atoms with van der Waals surface area (Å²) in [5.41, 5.74) is 5.38. The van der Waals surface area contributed by atoms with E-state index in [4.69, 9.17) is 5.73 Å². The minimum atomic E-state index is 0.702. The molecule has 0 bridgehead atoms. The van der Waals surface area contributed by atoms with Gasteiger partial charge >= 0.3 is 0 Å². The number of rotatable bonds is 4. The van der Waals surface area contributed by atoms with Crippen LogP contribution in [0.5, 0.6) is 0 Å². The van der Waals surface area contributed by atoms with Crippen molar-refractivity contribution in [2.75, 3.05) is 25.0 Å². The summed E-state index contributed by atoms with van der Waals surface area (Å²) in [5.74, 6) is 1.57. The van der Waals surface area contributed by atoms with Crippen molar-refractivity contribution in [3.8, 4) is 0 Å². The lowest BCUT2D eigenvalue weighted by Crippen LogP contribution is -2.22. The number of aryl methyl sites for hydroxylation is 1. The first-order valence-electron chi connectivity index (χ1n) is 4.04. The van der Waals surface area contributed by atoms with Crippen LogP contribution < -0.4 is 10.6 Å². The summed E-state index contributed by atoms with van der Waals surface area (Å²) >= 11 is 0. The van der Waals surface area contributed by atoms with Crippen LogP contribution in [0, 0.1) is 6.92 Å². The van der Waals surface area contributed by atoms with Gasteiger partial charge in [-0.2, -0.15) is 4.98 Å². The van der Waals surface area contributed by atoms with E-state index >= 15 is 0 Å². The Hall–Kier alpha value is -1.10. The lowest BCUT2D eigenvalue weighted by Gasteiger charge is -2.12. The second kappa shape index (κ2) is 4.06. The lowest BCUT2D eigenvalue weighted by atomic mass is 10.4. The average molecular weight is 169 g/mol. The molecule has 68 valence electrons. The maximum Gasteiger partial charge on any atom is 0.244 e. The number of nitrogens with zero attached hydrogens (tertiary/aromatic N) is 3. The van der Waals surface area contributed by atoms with E-state index in [1.807, 2.05) is 18.9 Å². The fraction of sp³-hybridized carbons (Fsp3) is 0.714. The van der Waals surface area contributed by atoms with Crippen LogP contribution in [0.15, 0.2) is 0 Å². The summed E-state index contributed by atoms with van der Waals surface area (Å²) in [4.78, 5) is 6.16. The predicted octanol–water partition coefficient (Wildman–Crippen LogP) is -0.102. The van der Waals surface area contributed by atoms with Crippen LogP contribution >= 0.6 is 0 Å². The van der Waals surface area contributed by atoms with Crippen LogP contribution in [0.3, 0.4) is 0 Å². The molecule has 0 amide bonds. The molecule has 0 saturated heterocycles. The zero-order valence-corrected chi connectivity index (χ0v) is 7.54. The van der Waals surface area contributed by atoms with Gasteiger partial charge in [-0.3, -0.25) is 5.10 Å². The molecule has 5 nitrogen and oxygen atoms in total. The highest BCUT2D eigenvalue weighted by Crippen LogP contribution is 2.03. The van der Waals surface area contributed by atoms with Gasteiger partial charge in [0.2, 0.25) is 5.95 Å². The van der Waals surface area contributed by atoms with Gasteiger partial charge < -0.3 is 10.6 Å². The molecule has 1 heterocycles. The molecule has 3 N–H and O–H groups in total. The molecular weight excluding hydrogens is 154 g/mol. The number of aromatic nitrogens is 3. The van der Waals surface area contributed by atoms with Gasteiger partial charge in [0, 0.05) is 13.6 Å². The Bertz CT molecular complexity index is 231. The minimum Gasteiger partial charge on any atom is -0.343 e. The summed E-state index contributed by atoms with van der Waals surface area (Å²) in [6.45, 7) is 3.48. The summed E-state index contributed by atoms with van der Waals surface area (Å²) in [6, 6.07) is 0. The first-order valence-corrected chi connectivity index (χ1v) is 4.04. The Balaban J connectivity index is 2.47. The molecule has 0 aromatic carbocycles. The van der Waals surface area contributed by atoms with E-state index in [1.54, 1.807) is 0 Å². The van der Waals surface area contributed by atoms with E-state index in [9.17, 15) is 0 Å². The van der Waals surface area contributed by atoms with Crippen LogP contribution in [0.4, 0.5) is 5.95 Å². The molecule has 1 rings (SSSR count). The predicted molar refractivity (Wildman–Crippen MR) is 48.1 cm³/mol. The third-order valence-electron chi connectivity index (χ3n) is 1.62. The number of hydrogen-bond donors (Lipinski definition) is 2. The van der Waals surface area contributed by atoms with Crippen molar-refractivity contribution in [3.05, 3.63) is 5.82 Å². The Morgan fingerprint density at radius 1 is 1.58 bits per heavy atom. The first kappa shape index (κ1) is 8.99. The maximum atomic E-state index is 5.38. The van der Waals surface area contributed by atoms with Crippen molar-refractivity contribution in [2.24, 2.45) is 5.73 Å². The standard InChI is InChI=1S/C7H15N5/c1-6-9-7(11-10-6)12(2)5-3-4-8/h3-5,8H2,1-2H3,(H,9,10,11). The van der Waals surface area contributed by atoms with Gasteiger partial charge in [0.15, 0.2) is 0 Å². The summed E-state index contributed by atoms with van der Waals surface area (Å²) < 4.78 is 0. The Morgan fingerprint density at radius 3 is 2.83 bits per heavy atom. The SMILES string of the molecule is Cc1nc(N(C)CCCN)n[nH]1. The van der Waals surface area contributed by atoms with Crippen LogP contribution in [-0.2, 0) is 0 Å². The molecule has 0 radical (unpaired) electrons. The van der Waals surface area contributed by atoms with Crippen LogP contribution in [-0.4, -0.2) is 35.3 Å². The van der Waals surface area contributed by atoms with E-state index in [1.165, 1.54) is 0 Å². The molecular formula is C7H15N5. The van der Waals surface area contributed by atoms with Crippen LogP contribution in [0.1, 0.15) is 12.2 Å². The van der Waals surface area contributed by atoms with Gasteiger partial charge in [-0.25, -0.2) is 0 Å². The summed E-state index contributed by atoms with van der Waals surface area (Å²) in [5, 5.41) is 6.81. The van der Waals surface area contributed by atoms with Crippen molar-refractivity contribution in [1.29, 1.82) is 0 Å². The van der Waals surface area contributed by atoms with E-state index < -0.39 is 0 Å². The molecule has 0 atom stereocenters. The number of H-pyrrole nitrogens is 1. The summed E-state index contributed by atoms with van der Waals surface area (Å²) in [7, 11) is 1.96. The van der Waals surface area contributed by atoms with E-state index in [-0.39, 0.29) is 0 Å². The molecule has 0 aliphatic carbocycles. The fourth-order valence-electron chi connectivity index (χ4n) is 0.930. The smallest absolute Gasteiger partial charge is 0.244 e. The quantitative estimate of drug-likeness (QED) is 0.660. The molecule has 1 aromatic heterocycles. The molecule has 0 aliphatic heterocycles. The molecule has 0 aliphatic rings. The van der Waals surface area contributed by atoms with Gasteiger partial charge in [0.25, 0.3) is 0 Å². The minimum absolute atomic E-state index is 0.702. The van der Waals surface area contributed by atoms with Gasteiger partial charge in [0.1, 0.15) is 5.82 Å². The number of anilines is 1. The molecule has 1 aromatic rings.